The molecule has 182 valence electrons. The molecule has 4 rings (SSSR count). The quantitative estimate of drug-likeness (QED) is 0.608. The second-order valence-corrected chi connectivity index (χ2v) is 9.39. The molecule has 2 aliphatic rings. The molecule has 8 heteroatoms. The van der Waals surface area contributed by atoms with E-state index in [0.29, 0.717) is 44.5 Å². The number of nitrogens with zero attached hydrogens (tertiary/aromatic N) is 2. The number of hydrogen-bond donors (Lipinski definition) is 0. The number of halogens is 3. The Hall–Kier alpha value is -2.87. The van der Waals surface area contributed by atoms with Crippen molar-refractivity contribution in [1.29, 1.82) is 0 Å². The third kappa shape index (κ3) is 5.43. The van der Waals surface area contributed by atoms with E-state index in [-0.39, 0.29) is 12.5 Å². The minimum absolute atomic E-state index is 0.0343. The van der Waals surface area contributed by atoms with Crippen molar-refractivity contribution in [3.63, 3.8) is 0 Å². The molecule has 1 amide bonds. The molecule has 2 aromatic carbocycles. The first-order chi connectivity index (χ1) is 16.2. The maximum absolute atomic E-state index is 13.1. The van der Waals surface area contributed by atoms with Crippen LogP contribution in [-0.2, 0) is 16.1 Å². The number of esters is 1. The molecular weight excluding hydrogens is 445 g/mol. The zero-order valence-corrected chi connectivity index (χ0v) is 19.2. The van der Waals surface area contributed by atoms with Crippen molar-refractivity contribution < 1.29 is 27.5 Å². The standard InChI is InChI=1S/C26H29F3N2O3/c1-19-6-5-7-20(16-19)17-30-13-10-25(11-14-30)12-15-31(23(32)21-8-3-2-4-9-21)18-22(25)34-24(33)26(27,28)29/h2-9,16,22H,10-15,17-18H2,1H3. The van der Waals surface area contributed by atoms with Crippen LogP contribution in [0.25, 0.3) is 0 Å². The van der Waals surface area contributed by atoms with Crippen LogP contribution in [0, 0.1) is 12.3 Å². The van der Waals surface area contributed by atoms with E-state index >= 15 is 0 Å². The van der Waals surface area contributed by atoms with Crippen LogP contribution in [0.4, 0.5) is 13.2 Å². The maximum Gasteiger partial charge on any atom is 0.490 e. The summed E-state index contributed by atoms with van der Waals surface area (Å²) in [6.07, 6.45) is -4.34. The summed E-state index contributed by atoms with van der Waals surface area (Å²) < 4.78 is 44.2. The van der Waals surface area contributed by atoms with Crippen molar-refractivity contribution in [2.24, 2.45) is 5.41 Å². The van der Waals surface area contributed by atoms with Crippen LogP contribution in [0.3, 0.4) is 0 Å². The van der Waals surface area contributed by atoms with Gasteiger partial charge in [0, 0.05) is 24.1 Å². The van der Waals surface area contributed by atoms with Gasteiger partial charge in [-0.1, -0.05) is 48.0 Å². The number of aryl methyl sites for hydroxylation is 1. The molecular formula is C26H29F3N2O3. The fraction of sp³-hybridized carbons (Fsp3) is 0.462. The molecule has 2 saturated heterocycles. The Morgan fingerprint density at radius 1 is 1.00 bits per heavy atom. The number of piperidine rings is 2. The first-order valence-electron chi connectivity index (χ1n) is 11.6. The van der Waals surface area contributed by atoms with Gasteiger partial charge >= 0.3 is 12.1 Å². The second kappa shape index (κ2) is 9.78. The lowest BCUT2D eigenvalue weighted by Gasteiger charge is -2.51. The Kier molecular flexibility index (Phi) is 6.98. The Morgan fingerprint density at radius 2 is 1.68 bits per heavy atom. The number of hydrogen-bond acceptors (Lipinski definition) is 4. The third-order valence-corrected chi connectivity index (χ3v) is 7.08. The van der Waals surface area contributed by atoms with Crippen LogP contribution < -0.4 is 0 Å². The van der Waals surface area contributed by atoms with E-state index in [9.17, 15) is 22.8 Å². The summed E-state index contributed by atoms with van der Waals surface area (Å²) in [5, 5.41) is 0. The Morgan fingerprint density at radius 3 is 2.32 bits per heavy atom. The van der Waals surface area contributed by atoms with Crippen molar-refractivity contribution >= 4 is 11.9 Å². The Bertz CT molecular complexity index is 1020. The summed E-state index contributed by atoms with van der Waals surface area (Å²) in [7, 11) is 0. The molecule has 2 fully saturated rings. The lowest BCUT2D eigenvalue weighted by molar-refractivity contribution is -0.216. The number of carbonyl (C=O) groups excluding carboxylic acids is 2. The van der Waals surface area contributed by atoms with Gasteiger partial charge in [0.2, 0.25) is 0 Å². The number of alkyl halides is 3. The topological polar surface area (TPSA) is 49.9 Å². The van der Waals surface area contributed by atoms with Gasteiger partial charge in [0.15, 0.2) is 0 Å². The molecule has 5 nitrogen and oxygen atoms in total. The molecule has 1 atom stereocenters. The van der Waals surface area contributed by atoms with Gasteiger partial charge in [-0.2, -0.15) is 13.2 Å². The zero-order chi connectivity index (χ0) is 24.3. The highest BCUT2D eigenvalue weighted by atomic mass is 19.4. The molecule has 2 aliphatic heterocycles. The average Bonchev–Trinajstić information content (AvgIpc) is 2.81. The number of likely N-dealkylation sites (tertiary alicyclic amines) is 2. The fourth-order valence-electron chi connectivity index (χ4n) is 5.11. The van der Waals surface area contributed by atoms with E-state index in [4.69, 9.17) is 4.74 Å². The van der Waals surface area contributed by atoms with E-state index < -0.39 is 23.7 Å². The first kappa shape index (κ1) is 24.3. The van der Waals surface area contributed by atoms with E-state index in [1.807, 2.05) is 19.1 Å². The second-order valence-electron chi connectivity index (χ2n) is 9.39. The predicted molar refractivity (Wildman–Crippen MR) is 121 cm³/mol. The normalized spacial score (nSPS) is 20.8. The highest BCUT2D eigenvalue weighted by molar-refractivity contribution is 5.94. The van der Waals surface area contributed by atoms with Gasteiger partial charge in [0.1, 0.15) is 6.10 Å². The molecule has 0 radical (unpaired) electrons. The summed E-state index contributed by atoms with van der Waals surface area (Å²) in [5.41, 5.74) is 2.27. The molecule has 2 aromatic rings. The Labute approximate surface area is 197 Å². The maximum atomic E-state index is 13.1. The van der Waals surface area contributed by atoms with E-state index in [1.54, 1.807) is 30.3 Å². The summed E-state index contributed by atoms with van der Waals surface area (Å²) in [4.78, 5) is 28.5. The van der Waals surface area contributed by atoms with Gasteiger partial charge < -0.3 is 9.64 Å². The smallest absolute Gasteiger partial charge is 0.453 e. The van der Waals surface area contributed by atoms with E-state index in [2.05, 4.69) is 17.0 Å². The van der Waals surface area contributed by atoms with Gasteiger partial charge in [-0.25, -0.2) is 4.79 Å². The minimum atomic E-state index is -5.07. The van der Waals surface area contributed by atoms with Crippen molar-refractivity contribution in [3.05, 3.63) is 71.3 Å². The van der Waals surface area contributed by atoms with Crippen LogP contribution in [0.2, 0.25) is 0 Å². The van der Waals surface area contributed by atoms with Crippen molar-refractivity contribution in [2.75, 3.05) is 26.2 Å². The SMILES string of the molecule is Cc1cccc(CN2CCC3(CC2)CCN(C(=O)c2ccccc2)CC3OC(=O)C(F)(F)F)c1. The van der Waals surface area contributed by atoms with Gasteiger partial charge in [-0.15, -0.1) is 0 Å². The number of benzene rings is 2. The lowest BCUT2D eigenvalue weighted by Crippen LogP contribution is -2.58. The summed E-state index contributed by atoms with van der Waals surface area (Å²) in [5.74, 6) is -2.45. The summed E-state index contributed by atoms with van der Waals surface area (Å²) in [6.45, 7) is 4.59. The minimum Gasteiger partial charge on any atom is -0.453 e. The molecule has 0 aromatic heterocycles. The van der Waals surface area contributed by atoms with E-state index in [0.717, 1.165) is 6.54 Å². The van der Waals surface area contributed by atoms with E-state index in [1.165, 1.54) is 16.0 Å². The van der Waals surface area contributed by atoms with Crippen LogP contribution in [0.15, 0.2) is 54.6 Å². The third-order valence-electron chi connectivity index (χ3n) is 7.08. The predicted octanol–water partition coefficient (Wildman–Crippen LogP) is 4.60. The molecule has 2 heterocycles. The van der Waals surface area contributed by atoms with Gasteiger partial charge in [0.25, 0.3) is 5.91 Å². The summed E-state index contributed by atoms with van der Waals surface area (Å²) in [6, 6.07) is 16.9. The van der Waals surface area contributed by atoms with Crippen molar-refractivity contribution in [3.8, 4) is 0 Å². The number of ether oxygens (including phenoxy) is 1. The molecule has 0 aliphatic carbocycles. The first-order valence-corrected chi connectivity index (χ1v) is 11.6. The molecule has 1 unspecified atom stereocenters. The molecule has 1 spiro atoms. The largest absolute Gasteiger partial charge is 0.490 e. The average molecular weight is 475 g/mol. The van der Waals surface area contributed by atoms with Crippen molar-refractivity contribution in [1.82, 2.24) is 9.80 Å². The van der Waals surface area contributed by atoms with Crippen LogP contribution in [-0.4, -0.2) is 60.1 Å². The van der Waals surface area contributed by atoms with Crippen LogP contribution in [0.5, 0.6) is 0 Å². The molecule has 0 saturated carbocycles. The molecule has 34 heavy (non-hydrogen) atoms. The van der Waals surface area contributed by atoms with Gasteiger partial charge in [-0.05, 0) is 57.0 Å². The van der Waals surface area contributed by atoms with Crippen LogP contribution in [0.1, 0.15) is 40.7 Å². The number of carbonyl (C=O) groups is 2. The number of amides is 1. The summed E-state index contributed by atoms with van der Waals surface area (Å²) >= 11 is 0. The molecule has 0 N–H and O–H groups in total. The Balaban J connectivity index is 1.48. The monoisotopic (exact) mass is 474 g/mol. The highest BCUT2D eigenvalue weighted by Crippen LogP contribution is 2.44. The fourth-order valence-corrected chi connectivity index (χ4v) is 5.11. The van der Waals surface area contributed by atoms with Gasteiger partial charge in [0.05, 0.1) is 6.54 Å². The van der Waals surface area contributed by atoms with Crippen LogP contribution >= 0.6 is 0 Å². The lowest BCUT2D eigenvalue weighted by atomic mass is 9.69. The van der Waals surface area contributed by atoms with Crippen molar-refractivity contribution in [2.45, 2.75) is 45.0 Å². The number of rotatable bonds is 4. The highest BCUT2D eigenvalue weighted by Gasteiger charge is 2.51. The molecule has 0 bridgehead atoms. The zero-order valence-electron chi connectivity index (χ0n) is 19.2. The van der Waals surface area contributed by atoms with Gasteiger partial charge in [-0.3, -0.25) is 9.69 Å².